The Hall–Kier alpha value is -1.08. The third-order valence-corrected chi connectivity index (χ3v) is 5.40. The van der Waals surface area contributed by atoms with E-state index in [1.54, 1.807) is 36.6 Å². The molecule has 1 amide bonds. The number of hydrogen-bond donors (Lipinski definition) is 1. The summed E-state index contributed by atoms with van der Waals surface area (Å²) in [6, 6.07) is 6.91. The molecule has 0 saturated carbocycles. The first-order valence-corrected chi connectivity index (χ1v) is 9.03. The summed E-state index contributed by atoms with van der Waals surface area (Å²) in [5, 5.41) is 5.46. The number of hydrogen-bond acceptors (Lipinski definition) is 4. The highest BCUT2D eigenvalue weighted by molar-refractivity contribution is 9.10. The van der Waals surface area contributed by atoms with Gasteiger partial charge in [0.1, 0.15) is 5.75 Å². The van der Waals surface area contributed by atoms with E-state index in [1.807, 2.05) is 24.3 Å². The SMILES string of the molecule is COc1ccc(Cl)cc1NC(=O)C(C)N(C)Cc1cc(Br)cs1. The molecule has 7 heteroatoms. The monoisotopic (exact) mass is 416 g/mol. The molecule has 1 aromatic carbocycles. The van der Waals surface area contributed by atoms with Gasteiger partial charge in [0.2, 0.25) is 5.91 Å². The van der Waals surface area contributed by atoms with Gasteiger partial charge in [-0.05, 0) is 54.2 Å². The van der Waals surface area contributed by atoms with Gasteiger partial charge in [0, 0.05) is 26.3 Å². The Balaban J connectivity index is 2.03. The van der Waals surface area contributed by atoms with Crippen LogP contribution in [0.5, 0.6) is 5.75 Å². The van der Waals surface area contributed by atoms with E-state index in [0.29, 0.717) is 23.0 Å². The number of anilines is 1. The van der Waals surface area contributed by atoms with Gasteiger partial charge in [0.25, 0.3) is 0 Å². The van der Waals surface area contributed by atoms with E-state index in [0.717, 1.165) is 4.47 Å². The van der Waals surface area contributed by atoms with Gasteiger partial charge in [-0.25, -0.2) is 0 Å². The number of methoxy groups -OCH3 is 1. The van der Waals surface area contributed by atoms with Crippen LogP contribution in [0.4, 0.5) is 5.69 Å². The number of likely N-dealkylation sites (N-methyl/N-ethyl adjacent to an activating group) is 1. The lowest BCUT2D eigenvalue weighted by molar-refractivity contribution is -0.120. The molecule has 4 nitrogen and oxygen atoms in total. The van der Waals surface area contributed by atoms with Gasteiger partial charge in [-0.15, -0.1) is 11.3 Å². The second kappa shape index (κ2) is 8.15. The smallest absolute Gasteiger partial charge is 0.241 e. The third kappa shape index (κ3) is 4.94. The second-order valence-electron chi connectivity index (χ2n) is 5.16. The fraction of sp³-hybridized carbons (Fsp3) is 0.312. The number of carbonyl (C=O) groups is 1. The Morgan fingerprint density at radius 2 is 2.22 bits per heavy atom. The van der Waals surface area contributed by atoms with Crippen LogP contribution in [-0.4, -0.2) is 31.0 Å². The molecule has 0 saturated heterocycles. The average Bonchev–Trinajstić information content (AvgIpc) is 2.91. The van der Waals surface area contributed by atoms with Crippen LogP contribution in [0.3, 0.4) is 0 Å². The van der Waals surface area contributed by atoms with Gasteiger partial charge in [-0.2, -0.15) is 0 Å². The molecule has 0 aliphatic carbocycles. The number of halogens is 2. The van der Waals surface area contributed by atoms with Crippen molar-refractivity contribution < 1.29 is 9.53 Å². The maximum Gasteiger partial charge on any atom is 0.241 e. The molecule has 1 atom stereocenters. The number of carbonyl (C=O) groups excluding carboxylic acids is 1. The molecule has 1 unspecified atom stereocenters. The number of benzene rings is 1. The molecule has 1 N–H and O–H groups in total. The molecule has 2 aromatic rings. The molecule has 0 radical (unpaired) electrons. The van der Waals surface area contributed by atoms with Crippen LogP contribution < -0.4 is 10.1 Å². The molecule has 2 rings (SSSR count). The summed E-state index contributed by atoms with van der Waals surface area (Å²) in [6.45, 7) is 2.58. The second-order valence-corrected chi connectivity index (χ2v) is 7.50. The van der Waals surface area contributed by atoms with Gasteiger partial charge in [-0.1, -0.05) is 11.6 Å². The van der Waals surface area contributed by atoms with Crippen molar-refractivity contribution in [2.45, 2.75) is 19.5 Å². The van der Waals surface area contributed by atoms with Crippen LogP contribution in [0.15, 0.2) is 34.1 Å². The third-order valence-electron chi connectivity index (χ3n) is 3.49. The predicted molar refractivity (Wildman–Crippen MR) is 99.6 cm³/mol. The minimum absolute atomic E-state index is 0.108. The Morgan fingerprint density at radius 3 is 2.83 bits per heavy atom. The van der Waals surface area contributed by atoms with Crippen molar-refractivity contribution in [1.82, 2.24) is 4.90 Å². The summed E-state index contributed by atoms with van der Waals surface area (Å²) in [4.78, 5) is 15.7. The fourth-order valence-corrected chi connectivity index (χ4v) is 3.72. The summed E-state index contributed by atoms with van der Waals surface area (Å²) in [5.41, 5.74) is 0.573. The van der Waals surface area contributed by atoms with Gasteiger partial charge < -0.3 is 10.1 Å². The summed E-state index contributed by atoms with van der Waals surface area (Å²) in [5.74, 6) is 0.475. The number of nitrogens with one attached hydrogen (secondary N) is 1. The zero-order valence-corrected chi connectivity index (χ0v) is 16.3. The van der Waals surface area contributed by atoms with E-state index < -0.39 is 0 Å². The highest BCUT2D eigenvalue weighted by Crippen LogP contribution is 2.28. The first-order chi connectivity index (χ1) is 10.9. The lowest BCUT2D eigenvalue weighted by Crippen LogP contribution is -2.39. The molecule has 0 fully saturated rings. The number of rotatable bonds is 6. The van der Waals surface area contributed by atoms with Gasteiger partial charge in [0.05, 0.1) is 18.8 Å². The Kier molecular flexibility index (Phi) is 6.47. The summed E-state index contributed by atoms with van der Waals surface area (Å²) in [6.07, 6.45) is 0. The molecule has 1 heterocycles. The molecule has 0 aliphatic rings. The minimum atomic E-state index is -0.292. The zero-order valence-electron chi connectivity index (χ0n) is 13.1. The van der Waals surface area contributed by atoms with Crippen LogP contribution in [-0.2, 0) is 11.3 Å². The summed E-state index contributed by atoms with van der Waals surface area (Å²) < 4.78 is 6.31. The molecule has 124 valence electrons. The van der Waals surface area contributed by atoms with Crippen LogP contribution in [0.1, 0.15) is 11.8 Å². The zero-order chi connectivity index (χ0) is 17.0. The van der Waals surface area contributed by atoms with Crippen LogP contribution in [0.25, 0.3) is 0 Å². The van der Waals surface area contributed by atoms with E-state index in [4.69, 9.17) is 16.3 Å². The Bertz CT molecular complexity index is 692. The number of nitrogens with zero attached hydrogens (tertiary/aromatic N) is 1. The van der Waals surface area contributed by atoms with Gasteiger partial charge in [0.15, 0.2) is 0 Å². The van der Waals surface area contributed by atoms with E-state index >= 15 is 0 Å². The molecular weight excluding hydrogens is 400 g/mol. The lowest BCUT2D eigenvalue weighted by Gasteiger charge is -2.23. The van der Waals surface area contributed by atoms with E-state index in [9.17, 15) is 4.79 Å². The molecule has 0 aliphatic heterocycles. The maximum absolute atomic E-state index is 12.5. The largest absolute Gasteiger partial charge is 0.495 e. The number of thiophene rings is 1. The van der Waals surface area contributed by atoms with E-state index in [1.165, 1.54) is 4.88 Å². The van der Waals surface area contributed by atoms with Crippen LogP contribution in [0.2, 0.25) is 5.02 Å². The van der Waals surface area contributed by atoms with Crippen molar-refractivity contribution in [1.29, 1.82) is 0 Å². The lowest BCUT2D eigenvalue weighted by atomic mass is 10.2. The average molecular weight is 418 g/mol. The fourth-order valence-electron chi connectivity index (χ4n) is 2.03. The first-order valence-electron chi connectivity index (χ1n) is 6.98. The molecule has 0 bridgehead atoms. The van der Waals surface area contributed by atoms with Crippen molar-refractivity contribution in [3.63, 3.8) is 0 Å². The van der Waals surface area contributed by atoms with Crippen molar-refractivity contribution in [3.05, 3.63) is 44.0 Å². The van der Waals surface area contributed by atoms with E-state index in [2.05, 4.69) is 27.3 Å². The highest BCUT2D eigenvalue weighted by Gasteiger charge is 2.20. The Labute approximate surface area is 153 Å². The van der Waals surface area contributed by atoms with Crippen LogP contribution in [0, 0.1) is 0 Å². The first kappa shape index (κ1) is 18.3. The predicted octanol–water partition coefficient (Wildman–Crippen LogP) is 4.63. The van der Waals surface area contributed by atoms with Gasteiger partial charge >= 0.3 is 0 Å². The molecule has 0 spiro atoms. The highest BCUT2D eigenvalue weighted by atomic mass is 79.9. The molecule has 23 heavy (non-hydrogen) atoms. The van der Waals surface area contributed by atoms with Crippen molar-refractivity contribution in [3.8, 4) is 5.75 Å². The maximum atomic E-state index is 12.5. The number of amides is 1. The van der Waals surface area contributed by atoms with Gasteiger partial charge in [-0.3, -0.25) is 9.69 Å². The molecular formula is C16H18BrClN2O2S. The topological polar surface area (TPSA) is 41.6 Å². The van der Waals surface area contributed by atoms with E-state index in [-0.39, 0.29) is 11.9 Å². The number of ether oxygens (including phenoxy) is 1. The standard InChI is InChI=1S/C16H18BrClN2O2S/c1-10(20(2)8-13-6-11(17)9-23-13)16(21)19-14-7-12(18)4-5-15(14)22-3/h4-7,9-10H,8H2,1-3H3,(H,19,21). The van der Waals surface area contributed by atoms with Crippen molar-refractivity contribution in [2.24, 2.45) is 0 Å². The van der Waals surface area contributed by atoms with Crippen molar-refractivity contribution >= 4 is 50.5 Å². The van der Waals surface area contributed by atoms with Crippen LogP contribution >= 0.6 is 38.9 Å². The van der Waals surface area contributed by atoms with Crippen molar-refractivity contribution in [2.75, 3.05) is 19.5 Å². The normalized spacial score (nSPS) is 12.3. The minimum Gasteiger partial charge on any atom is -0.495 e. The summed E-state index contributed by atoms with van der Waals surface area (Å²) >= 11 is 11.1. The molecule has 1 aromatic heterocycles. The quantitative estimate of drug-likeness (QED) is 0.745. The Morgan fingerprint density at radius 1 is 1.48 bits per heavy atom. The summed E-state index contributed by atoms with van der Waals surface area (Å²) in [7, 11) is 3.48.